The molecule has 0 heterocycles. The van der Waals surface area contributed by atoms with Gasteiger partial charge < -0.3 is 15.5 Å². The lowest BCUT2D eigenvalue weighted by molar-refractivity contribution is -0.123. The first-order chi connectivity index (χ1) is 12.8. The third kappa shape index (κ3) is 7.04. The van der Waals surface area contributed by atoms with E-state index in [4.69, 9.17) is 11.6 Å². The first kappa shape index (κ1) is 20.9. The quantitative estimate of drug-likeness (QED) is 0.730. The van der Waals surface area contributed by atoms with Crippen LogP contribution in [-0.2, 0) is 9.59 Å². The number of likely N-dealkylation sites (N-methyl/N-ethyl adjacent to an activating group) is 1. The molecule has 27 heavy (non-hydrogen) atoms. The summed E-state index contributed by atoms with van der Waals surface area (Å²) >= 11 is 5.94. The molecule has 0 fully saturated rings. The number of carbonyl (C=O) groups is 2. The fourth-order valence-corrected chi connectivity index (χ4v) is 3.04. The zero-order chi connectivity index (χ0) is 19.8. The molecule has 0 aliphatic heterocycles. The van der Waals surface area contributed by atoms with Crippen LogP contribution in [0.4, 0.5) is 0 Å². The van der Waals surface area contributed by atoms with Crippen molar-refractivity contribution < 1.29 is 9.59 Å². The van der Waals surface area contributed by atoms with Gasteiger partial charge in [0.1, 0.15) is 0 Å². The second-order valence-electron chi connectivity index (χ2n) is 6.80. The third-order valence-corrected chi connectivity index (χ3v) is 4.38. The Morgan fingerprint density at radius 3 is 2.07 bits per heavy atom. The maximum absolute atomic E-state index is 12.7. The second kappa shape index (κ2) is 10.1. The fraction of sp³-hybridized carbons (Fsp3) is 0.333. The molecule has 6 heteroatoms. The number of rotatable bonds is 8. The molecule has 0 aliphatic carbocycles. The van der Waals surface area contributed by atoms with E-state index in [0.29, 0.717) is 11.6 Å². The third-order valence-electron chi connectivity index (χ3n) is 4.12. The summed E-state index contributed by atoms with van der Waals surface area (Å²) in [4.78, 5) is 26.4. The Balaban J connectivity index is 2.12. The highest BCUT2D eigenvalue weighted by Crippen LogP contribution is 2.21. The second-order valence-corrected chi connectivity index (χ2v) is 7.24. The number of benzene rings is 2. The standard InChI is InChI=1S/C21H26ClN3O2/c1-15(26)23-19(17-9-11-18(22)12-10-17)13-21(27)24-20(14-25(2)3)16-7-5-4-6-8-16/h4-12,19-20H,13-14H2,1-3H3,(H,23,26)(H,24,27)/t19-,20+/m1/s1. The molecule has 0 spiro atoms. The van der Waals surface area contributed by atoms with E-state index in [1.165, 1.54) is 6.92 Å². The molecule has 2 N–H and O–H groups in total. The number of halogens is 1. The minimum absolute atomic E-state index is 0.126. The van der Waals surface area contributed by atoms with Crippen LogP contribution < -0.4 is 10.6 Å². The molecule has 5 nitrogen and oxygen atoms in total. The van der Waals surface area contributed by atoms with Crippen molar-refractivity contribution in [3.8, 4) is 0 Å². The maximum atomic E-state index is 12.7. The van der Waals surface area contributed by atoms with E-state index in [1.807, 2.05) is 61.5 Å². The van der Waals surface area contributed by atoms with Gasteiger partial charge in [0.15, 0.2) is 0 Å². The van der Waals surface area contributed by atoms with E-state index in [0.717, 1.165) is 11.1 Å². The minimum Gasteiger partial charge on any atom is -0.349 e. The summed E-state index contributed by atoms with van der Waals surface area (Å²) in [5.41, 5.74) is 1.88. The number of amides is 2. The summed E-state index contributed by atoms with van der Waals surface area (Å²) in [7, 11) is 3.94. The minimum atomic E-state index is -0.407. The smallest absolute Gasteiger partial charge is 0.222 e. The summed E-state index contributed by atoms with van der Waals surface area (Å²) in [6.45, 7) is 2.13. The zero-order valence-electron chi connectivity index (χ0n) is 15.9. The molecular formula is C21H26ClN3O2. The van der Waals surface area contributed by atoms with Gasteiger partial charge >= 0.3 is 0 Å². The molecule has 2 aromatic carbocycles. The molecular weight excluding hydrogens is 362 g/mol. The van der Waals surface area contributed by atoms with Crippen LogP contribution in [0.1, 0.15) is 36.6 Å². The first-order valence-electron chi connectivity index (χ1n) is 8.86. The van der Waals surface area contributed by atoms with Gasteiger partial charge in [0.2, 0.25) is 11.8 Å². The molecule has 0 saturated carbocycles. The van der Waals surface area contributed by atoms with E-state index in [-0.39, 0.29) is 24.3 Å². The number of hydrogen-bond acceptors (Lipinski definition) is 3. The highest BCUT2D eigenvalue weighted by Gasteiger charge is 2.20. The summed E-state index contributed by atoms with van der Waals surface area (Å²) in [5.74, 6) is -0.310. The summed E-state index contributed by atoms with van der Waals surface area (Å²) < 4.78 is 0. The van der Waals surface area contributed by atoms with E-state index in [2.05, 4.69) is 10.6 Å². The molecule has 2 amide bonds. The van der Waals surface area contributed by atoms with Gasteiger partial charge in [-0.15, -0.1) is 0 Å². The van der Waals surface area contributed by atoms with Crippen LogP contribution in [0.5, 0.6) is 0 Å². The largest absolute Gasteiger partial charge is 0.349 e. The molecule has 0 aliphatic rings. The van der Waals surface area contributed by atoms with Crippen LogP contribution in [0.3, 0.4) is 0 Å². The highest BCUT2D eigenvalue weighted by molar-refractivity contribution is 6.30. The van der Waals surface area contributed by atoms with Crippen LogP contribution in [0.25, 0.3) is 0 Å². The Kier molecular flexibility index (Phi) is 7.82. The van der Waals surface area contributed by atoms with Crippen LogP contribution in [0.2, 0.25) is 5.02 Å². The van der Waals surface area contributed by atoms with Crippen molar-refractivity contribution in [2.75, 3.05) is 20.6 Å². The Bertz CT molecular complexity index is 748. The van der Waals surface area contributed by atoms with E-state index in [9.17, 15) is 9.59 Å². The van der Waals surface area contributed by atoms with Gasteiger partial charge in [-0.2, -0.15) is 0 Å². The van der Waals surface area contributed by atoms with Crippen molar-refractivity contribution in [2.45, 2.75) is 25.4 Å². The van der Waals surface area contributed by atoms with Gasteiger partial charge in [0, 0.05) is 18.5 Å². The monoisotopic (exact) mass is 387 g/mol. The predicted molar refractivity (Wildman–Crippen MR) is 109 cm³/mol. The number of nitrogens with one attached hydrogen (secondary N) is 2. The molecule has 0 bridgehead atoms. The summed E-state index contributed by atoms with van der Waals surface area (Å²) in [6.07, 6.45) is 0.151. The molecule has 0 saturated heterocycles. The highest BCUT2D eigenvalue weighted by atomic mass is 35.5. The molecule has 2 atom stereocenters. The number of nitrogens with zero attached hydrogens (tertiary/aromatic N) is 1. The van der Waals surface area contributed by atoms with Crippen molar-refractivity contribution in [3.05, 3.63) is 70.7 Å². The van der Waals surface area contributed by atoms with Crippen molar-refractivity contribution in [3.63, 3.8) is 0 Å². The van der Waals surface area contributed by atoms with Crippen molar-refractivity contribution in [2.24, 2.45) is 0 Å². The first-order valence-corrected chi connectivity index (χ1v) is 9.24. The molecule has 2 rings (SSSR count). The van der Waals surface area contributed by atoms with E-state index >= 15 is 0 Å². The lowest BCUT2D eigenvalue weighted by Crippen LogP contribution is -2.38. The molecule has 144 valence electrons. The van der Waals surface area contributed by atoms with Crippen LogP contribution in [0, 0.1) is 0 Å². The maximum Gasteiger partial charge on any atom is 0.222 e. The average Bonchev–Trinajstić information content (AvgIpc) is 2.61. The topological polar surface area (TPSA) is 61.4 Å². The zero-order valence-corrected chi connectivity index (χ0v) is 16.7. The van der Waals surface area contributed by atoms with Crippen LogP contribution in [0.15, 0.2) is 54.6 Å². The predicted octanol–water partition coefficient (Wildman–Crippen LogP) is 3.33. The normalized spacial score (nSPS) is 13.1. The Hall–Kier alpha value is -2.37. The Labute approximate surface area is 165 Å². The fourth-order valence-electron chi connectivity index (χ4n) is 2.92. The van der Waals surface area contributed by atoms with Gasteiger partial charge in [-0.05, 0) is 37.4 Å². The van der Waals surface area contributed by atoms with Gasteiger partial charge in [-0.3, -0.25) is 9.59 Å². The van der Waals surface area contributed by atoms with Gasteiger partial charge in [0.05, 0.1) is 18.5 Å². The Morgan fingerprint density at radius 1 is 0.926 bits per heavy atom. The summed E-state index contributed by atoms with van der Waals surface area (Å²) in [6, 6.07) is 16.5. The lowest BCUT2D eigenvalue weighted by Gasteiger charge is -2.24. The van der Waals surface area contributed by atoms with Gasteiger partial charge in [0.25, 0.3) is 0 Å². The Morgan fingerprint density at radius 2 is 1.52 bits per heavy atom. The molecule has 0 unspecified atom stereocenters. The van der Waals surface area contributed by atoms with Gasteiger partial charge in [-0.25, -0.2) is 0 Å². The SMILES string of the molecule is CC(=O)N[C@H](CC(=O)N[C@@H](CN(C)C)c1ccccc1)c1ccc(Cl)cc1. The van der Waals surface area contributed by atoms with Crippen LogP contribution in [-0.4, -0.2) is 37.4 Å². The van der Waals surface area contributed by atoms with Crippen molar-refractivity contribution in [1.82, 2.24) is 15.5 Å². The number of hydrogen-bond donors (Lipinski definition) is 2. The number of carbonyl (C=O) groups excluding carboxylic acids is 2. The van der Waals surface area contributed by atoms with Crippen molar-refractivity contribution in [1.29, 1.82) is 0 Å². The van der Waals surface area contributed by atoms with Crippen molar-refractivity contribution >= 4 is 23.4 Å². The summed E-state index contributed by atoms with van der Waals surface area (Å²) in [5, 5.41) is 6.55. The molecule has 2 aromatic rings. The van der Waals surface area contributed by atoms with E-state index in [1.54, 1.807) is 12.1 Å². The van der Waals surface area contributed by atoms with Gasteiger partial charge in [-0.1, -0.05) is 54.1 Å². The molecule has 0 aromatic heterocycles. The van der Waals surface area contributed by atoms with E-state index < -0.39 is 6.04 Å². The van der Waals surface area contributed by atoms with Crippen LogP contribution >= 0.6 is 11.6 Å². The average molecular weight is 388 g/mol. The lowest BCUT2D eigenvalue weighted by atomic mass is 10.0. The molecule has 0 radical (unpaired) electrons.